The third-order valence-corrected chi connectivity index (χ3v) is 3.63. The van der Waals surface area contributed by atoms with Gasteiger partial charge < -0.3 is 10.2 Å². The molecule has 2 rings (SSSR count). The van der Waals surface area contributed by atoms with Crippen molar-refractivity contribution in [2.24, 2.45) is 5.41 Å². The highest BCUT2D eigenvalue weighted by Gasteiger charge is 2.38. The van der Waals surface area contributed by atoms with E-state index in [0.29, 0.717) is 0 Å². The molecule has 0 heterocycles. The molecule has 1 atom stereocenters. The van der Waals surface area contributed by atoms with E-state index < -0.39 is 11.4 Å². The fraction of sp³-hybridized carbons (Fsp3) is 0.235. The Kier molecular flexibility index (Phi) is 3.79. The number of carboxylic acid groups (broad SMARTS) is 1. The van der Waals surface area contributed by atoms with Gasteiger partial charge in [-0.2, -0.15) is 0 Å². The van der Waals surface area contributed by atoms with E-state index in [2.05, 4.69) is 0 Å². The highest BCUT2D eigenvalue weighted by atomic mass is 16.4. The van der Waals surface area contributed by atoms with Crippen LogP contribution >= 0.6 is 0 Å². The standard InChI is InChI=1S/C17H18O3/c1-17(2,16(19)20)15(12-6-4-3-5-7-12)13-8-10-14(18)11-9-13/h3-11,15,18H,1-2H3,(H,19,20)/t15-/m0/s1. The third-order valence-electron chi connectivity index (χ3n) is 3.63. The second-order valence-electron chi connectivity index (χ2n) is 5.46. The number of phenols is 1. The van der Waals surface area contributed by atoms with Crippen LogP contribution in [0.4, 0.5) is 0 Å². The van der Waals surface area contributed by atoms with Crippen LogP contribution < -0.4 is 0 Å². The molecular weight excluding hydrogens is 252 g/mol. The second kappa shape index (κ2) is 5.37. The lowest BCUT2D eigenvalue weighted by molar-refractivity contribution is -0.147. The molecule has 2 N–H and O–H groups in total. The van der Waals surface area contributed by atoms with E-state index in [9.17, 15) is 15.0 Å². The summed E-state index contributed by atoms with van der Waals surface area (Å²) in [4.78, 5) is 11.6. The maximum absolute atomic E-state index is 11.6. The van der Waals surface area contributed by atoms with Crippen molar-refractivity contribution in [2.45, 2.75) is 19.8 Å². The number of benzene rings is 2. The Morgan fingerprint density at radius 1 is 0.950 bits per heavy atom. The molecule has 0 unspecified atom stereocenters. The van der Waals surface area contributed by atoms with Crippen molar-refractivity contribution in [2.75, 3.05) is 0 Å². The normalized spacial score (nSPS) is 12.9. The minimum absolute atomic E-state index is 0.175. The zero-order chi connectivity index (χ0) is 14.8. The van der Waals surface area contributed by atoms with Gasteiger partial charge >= 0.3 is 5.97 Å². The van der Waals surface area contributed by atoms with Crippen molar-refractivity contribution >= 4 is 5.97 Å². The van der Waals surface area contributed by atoms with Crippen LogP contribution in [0.25, 0.3) is 0 Å². The summed E-state index contributed by atoms with van der Waals surface area (Å²) in [6, 6.07) is 16.3. The molecule has 104 valence electrons. The van der Waals surface area contributed by atoms with Crippen molar-refractivity contribution in [3.8, 4) is 5.75 Å². The Morgan fingerprint density at radius 3 is 1.95 bits per heavy atom. The molecule has 0 aliphatic heterocycles. The van der Waals surface area contributed by atoms with Crippen molar-refractivity contribution in [1.29, 1.82) is 0 Å². The first-order valence-corrected chi connectivity index (χ1v) is 6.50. The van der Waals surface area contributed by atoms with E-state index in [0.717, 1.165) is 11.1 Å². The molecule has 0 amide bonds. The number of carbonyl (C=O) groups is 1. The van der Waals surface area contributed by atoms with Gasteiger partial charge in [0.15, 0.2) is 0 Å². The fourth-order valence-electron chi connectivity index (χ4n) is 2.46. The van der Waals surface area contributed by atoms with Gasteiger partial charge in [0.2, 0.25) is 0 Å². The lowest BCUT2D eigenvalue weighted by Crippen LogP contribution is -2.32. The van der Waals surface area contributed by atoms with E-state index in [1.807, 2.05) is 30.3 Å². The number of rotatable bonds is 4. The van der Waals surface area contributed by atoms with Crippen LogP contribution in [0.5, 0.6) is 5.75 Å². The van der Waals surface area contributed by atoms with E-state index in [-0.39, 0.29) is 11.7 Å². The lowest BCUT2D eigenvalue weighted by Gasteiger charge is -2.31. The van der Waals surface area contributed by atoms with Crippen molar-refractivity contribution in [3.63, 3.8) is 0 Å². The Balaban J connectivity index is 2.56. The number of hydrogen-bond donors (Lipinski definition) is 2. The summed E-state index contributed by atoms with van der Waals surface area (Å²) < 4.78 is 0. The first-order chi connectivity index (χ1) is 9.43. The van der Waals surface area contributed by atoms with Gasteiger partial charge in [0.05, 0.1) is 5.41 Å². The maximum atomic E-state index is 11.6. The molecule has 0 saturated carbocycles. The molecular formula is C17H18O3. The van der Waals surface area contributed by atoms with Crippen LogP contribution in [-0.2, 0) is 4.79 Å². The molecule has 0 aliphatic rings. The summed E-state index contributed by atoms with van der Waals surface area (Å²) >= 11 is 0. The molecule has 3 heteroatoms. The predicted octanol–water partition coefficient (Wildman–Crippen LogP) is 3.63. The van der Waals surface area contributed by atoms with Gasteiger partial charge in [-0.3, -0.25) is 4.79 Å². The Hall–Kier alpha value is -2.29. The van der Waals surface area contributed by atoms with Crippen molar-refractivity contribution in [1.82, 2.24) is 0 Å². The zero-order valence-corrected chi connectivity index (χ0v) is 11.6. The van der Waals surface area contributed by atoms with Crippen LogP contribution in [0.1, 0.15) is 30.9 Å². The second-order valence-corrected chi connectivity index (χ2v) is 5.46. The molecule has 0 spiro atoms. The fourth-order valence-corrected chi connectivity index (χ4v) is 2.46. The Bertz CT molecular complexity index is 585. The number of aliphatic carboxylic acids is 1. The largest absolute Gasteiger partial charge is 0.508 e. The Labute approximate surface area is 118 Å². The van der Waals surface area contributed by atoms with Crippen LogP contribution in [-0.4, -0.2) is 16.2 Å². The van der Waals surface area contributed by atoms with Gasteiger partial charge in [-0.25, -0.2) is 0 Å². The zero-order valence-electron chi connectivity index (χ0n) is 11.6. The number of phenolic OH excluding ortho intramolecular Hbond substituents is 1. The van der Waals surface area contributed by atoms with Gasteiger partial charge in [0, 0.05) is 5.92 Å². The van der Waals surface area contributed by atoms with E-state index in [4.69, 9.17) is 0 Å². The van der Waals surface area contributed by atoms with Crippen LogP contribution in [0.3, 0.4) is 0 Å². The predicted molar refractivity (Wildman–Crippen MR) is 77.8 cm³/mol. The van der Waals surface area contributed by atoms with Crippen LogP contribution in [0.2, 0.25) is 0 Å². The topological polar surface area (TPSA) is 57.5 Å². The summed E-state index contributed by atoms with van der Waals surface area (Å²) in [5.74, 6) is -0.949. The van der Waals surface area contributed by atoms with E-state index in [1.165, 1.54) is 0 Å². The van der Waals surface area contributed by atoms with Gasteiger partial charge in [-0.05, 0) is 37.1 Å². The molecule has 0 aliphatic carbocycles. The maximum Gasteiger partial charge on any atom is 0.310 e. The lowest BCUT2D eigenvalue weighted by atomic mass is 9.71. The molecule has 0 bridgehead atoms. The summed E-state index contributed by atoms with van der Waals surface area (Å²) in [7, 11) is 0. The summed E-state index contributed by atoms with van der Waals surface area (Å²) in [6.45, 7) is 3.44. The quantitative estimate of drug-likeness (QED) is 0.891. The molecule has 2 aromatic rings. The van der Waals surface area contributed by atoms with Crippen LogP contribution in [0.15, 0.2) is 54.6 Å². The molecule has 0 aromatic heterocycles. The Morgan fingerprint density at radius 2 is 1.45 bits per heavy atom. The molecule has 20 heavy (non-hydrogen) atoms. The smallest absolute Gasteiger partial charge is 0.310 e. The van der Waals surface area contributed by atoms with Crippen molar-refractivity contribution in [3.05, 3.63) is 65.7 Å². The van der Waals surface area contributed by atoms with Crippen molar-refractivity contribution < 1.29 is 15.0 Å². The monoisotopic (exact) mass is 270 g/mol. The highest BCUT2D eigenvalue weighted by Crippen LogP contribution is 2.41. The van der Waals surface area contributed by atoms with Crippen LogP contribution in [0, 0.1) is 5.41 Å². The average Bonchev–Trinajstić information content (AvgIpc) is 2.42. The molecule has 0 saturated heterocycles. The van der Waals surface area contributed by atoms with E-state index >= 15 is 0 Å². The minimum atomic E-state index is -0.946. The highest BCUT2D eigenvalue weighted by molar-refractivity contribution is 5.76. The van der Waals surface area contributed by atoms with Gasteiger partial charge in [0.1, 0.15) is 5.75 Å². The van der Waals surface area contributed by atoms with Gasteiger partial charge in [0.25, 0.3) is 0 Å². The summed E-state index contributed by atoms with van der Waals surface area (Å²) in [6.07, 6.45) is 0. The number of carboxylic acids is 1. The minimum Gasteiger partial charge on any atom is -0.508 e. The molecule has 2 aromatic carbocycles. The van der Waals surface area contributed by atoms with Gasteiger partial charge in [-0.1, -0.05) is 42.5 Å². The molecule has 0 radical (unpaired) electrons. The molecule has 0 fully saturated rings. The van der Waals surface area contributed by atoms with Gasteiger partial charge in [-0.15, -0.1) is 0 Å². The summed E-state index contributed by atoms with van der Waals surface area (Å²) in [5, 5.41) is 18.9. The average molecular weight is 270 g/mol. The van der Waals surface area contributed by atoms with E-state index in [1.54, 1.807) is 38.1 Å². The third kappa shape index (κ3) is 2.67. The first kappa shape index (κ1) is 14.1. The SMILES string of the molecule is CC(C)(C(=O)O)[C@@H](c1ccccc1)c1ccc(O)cc1. The molecule has 3 nitrogen and oxygen atoms in total. The summed E-state index contributed by atoms with van der Waals surface area (Å²) in [5.41, 5.74) is 0.880. The first-order valence-electron chi connectivity index (χ1n) is 6.50. The number of aromatic hydroxyl groups is 1. The number of hydrogen-bond acceptors (Lipinski definition) is 2.